The molecule has 1 atom stereocenters. The van der Waals surface area contributed by atoms with Crippen molar-refractivity contribution in [3.63, 3.8) is 0 Å². The lowest BCUT2D eigenvalue weighted by molar-refractivity contribution is -0.109. The van der Waals surface area contributed by atoms with Crippen LogP contribution in [0.15, 0.2) is 0 Å². The Labute approximate surface area is 248 Å². The van der Waals surface area contributed by atoms with E-state index in [1.54, 1.807) is 0 Å². The molecular weight excluding hydrogens is 559 g/mol. The zero-order chi connectivity index (χ0) is 30.2. The van der Waals surface area contributed by atoms with Gasteiger partial charge in [0.1, 0.15) is 6.29 Å². The number of hydrogen-bond acceptors (Lipinski definition) is 13. The van der Waals surface area contributed by atoms with Gasteiger partial charge in [0.25, 0.3) is 8.53 Å². The van der Waals surface area contributed by atoms with Crippen LogP contribution in [0.4, 0.5) is 0 Å². The van der Waals surface area contributed by atoms with E-state index in [1.807, 2.05) is 0 Å². The maximum Gasteiger partial charge on any atom is 0.259 e. The first-order valence-corrected chi connectivity index (χ1v) is 15.8. The van der Waals surface area contributed by atoms with Gasteiger partial charge in [-0.15, -0.1) is 0 Å². The van der Waals surface area contributed by atoms with E-state index in [1.165, 1.54) is 0 Å². The maximum atomic E-state index is 10.1. The average molecular weight is 617 g/mol. The molecule has 0 aliphatic carbocycles. The van der Waals surface area contributed by atoms with Crippen molar-refractivity contribution in [1.29, 1.82) is 0 Å². The molecule has 41 heavy (non-hydrogen) atoms. The Hall–Kier alpha value is -0.380. The van der Waals surface area contributed by atoms with Crippen LogP contribution in [0.5, 0.6) is 0 Å². The maximum absolute atomic E-state index is 10.1. The van der Waals surface area contributed by atoms with Crippen LogP contribution in [0, 0.1) is 0 Å². The molecule has 0 bridgehead atoms. The van der Waals surface area contributed by atoms with Gasteiger partial charge < -0.3 is 57.5 Å². The molecule has 0 heterocycles. The van der Waals surface area contributed by atoms with E-state index in [0.29, 0.717) is 144 Å². The topological polar surface area (TPSA) is 139 Å². The van der Waals surface area contributed by atoms with Crippen molar-refractivity contribution in [2.75, 3.05) is 125 Å². The normalized spacial score (nSPS) is 12.7. The molecule has 0 aliphatic heterocycles. The van der Waals surface area contributed by atoms with Gasteiger partial charge in [0.2, 0.25) is 0 Å². The van der Waals surface area contributed by atoms with Crippen LogP contribution in [-0.2, 0) is 51.7 Å². The molecule has 0 aromatic heterocycles. The number of carbonyl (C=O) groups is 1. The molecule has 0 fully saturated rings. The predicted octanol–water partition coefficient (Wildman–Crippen LogP) is 2.05. The Morgan fingerprint density at radius 1 is 0.512 bits per heavy atom. The van der Waals surface area contributed by atoms with Gasteiger partial charge in [-0.3, -0.25) is 0 Å². The van der Waals surface area contributed by atoms with Gasteiger partial charge in [0, 0.05) is 25.0 Å². The largest absolute Gasteiger partial charge is 0.379 e. The first-order chi connectivity index (χ1) is 20.0. The zero-order valence-electron chi connectivity index (χ0n) is 25.8. The number of carbonyl (C=O) groups excluding carboxylic acids is 1. The second-order valence-corrected chi connectivity index (χ2v) is 10.6. The number of rotatable bonds is 34. The van der Waals surface area contributed by atoms with Crippen molar-refractivity contribution in [2.24, 2.45) is 5.73 Å². The summed E-state index contributed by atoms with van der Waals surface area (Å²) in [7, 11) is -1.17. The molecule has 0 saturated heterocycles. The number of nitrogens with two attached hydrogens (primary N) is 1. The third-order valence-electron chi connectivity index (χ3n) is 4.98. The summed E-state index contributed by atoms with van der Waals surface area (Å²) in [5.41, 5.74) is 5.59. The summed E-state index contributed by atoms with van der Waals surface area (Å²) in [6.45, 7) is 17.8. The van der Waals surface area contributed by atoms with Gasteiger partial charge in [0.15, 0.2) is 0 Å². The fourth-order valence-corrected chi connectivity index (χ4v) is 4.81. The Morgan fingerprint density at radius 3 is 1.10 bits per heavy atom. The summed E-state index contributed by atoms with van der Waals surface area (Å²) in [4.78, 5) is 10.1. The standard InChI is InChI=1S/C27H57N2O11P/c1-26(2)29(27(3)4)41(39-9-6-28)40-25-24-38-23-22-37-21-20-36-19-18-35-17-16-34-15-14-33-13-12-32-11-10-31-8-5-7-30/h7,26-27H,5-6,8-25,28H2,1-4H3. The van der Waals surface area contributed by atoms with E-state index < -0.39 is 8.53 Å². The molecule has 13 nitrogen and oxygen atoms in total. The van der Waals surface area contributed by atoms with E-state index in [9.17, 15) is 4.79 Å². The van der Waals surface area contributed by atoms with Crippen molar-refractivity contribution in [2.45, 2.75) is 46.2 Å². The average Bonchev–Trinajstić information content (AvgIpc) is 2.94. The smallest absolute Gasteiger partial charge is 0.259 e. The summed E-state index contributed by atoms with van der Waals surface area (Å²) >= 11 is 0. The number of nitrogens with zero attached hydrogens (tertiary/aromatic N) is 1. The minimum Gasteiger partial charge on any atom is -0.379 e. The van der Waals surface area contributed by atoms with Crippen molar-refractivity contribution in [1.82, 2.24) is 4.67 Å². The van der Waals surface area contributed by atoms with Gasteiger partial charge in [-0.25, -0.2) is 4.67 Å². The van der Waals surface area contributed by atoms with Gasteiger partial charge in [-0.05, 0) is 27.7 Å². The number of ether oxygens (including phenoxy) is 8. The quantitative estimate of drug-likeness (QED) is 0.0642. The highest BCUT2D eigenvalue weighted by molar-refractivity contribution is 7.44. The Balaban J connectivity index is 3.36. The Kier molecular flexibility index (Phi) is 32.2. The molecule has 0 aromatic rings. The molecule has 0 rings (SSSR count). The van der Waals surface area contributed by atoms with Gasteiger partial charge in [0.05, 0.1) is 119 Å². The molecule has 2 N–H and O–H groups in total. The lowest BCUT2D eigenvalue weighted by Crippen LogP contribution is -2.34. The van der Waals surface area contributed by atoms with E-state index in [2.05, 4.69) is 32.4 Å². The molecule has 246 valence electrons. The molecule has 0 saturated carbocycles. The van der Waals surface area contributed by atoms with Crippen molar-refractivity contribution in [3.05, 3.63) is 0 Å². The van der Waals surface area contributed by atoms with Gasteiger partial charge in [-0.2, -0.15) is 0 Å². The van der Waals surface area contributed by atoms with E-state index >= 15 is 0 Å². The van der Waals surface area contributed by atoms with Gasteiger partial charge in [-0.1, -0.05) is 0 Å². The molecular formula is C27H57N2O11P. The molecule has 0 spiro atoms. The lowest BCUT2D eigenvalue weighted by atomic mass is 10.3. The predicted molar refractivity (Wildman–Crippen MR) is 157 cm³/mol. The highest BCUT2D eigenvalue weighted by atomic mass is 31.2. The van der Waals surface area contributed by atoms with Crippen LogP contribution < -0.4 is 5.73 Å². The highest BCUT2D eigenvalue weighted by Crippen LogP contribution is 2.45. The summed E-state index contributed by atoms with van der Waals surface area (Å²) in [5.74, 6) is 0. The highest BCUT2D eigenvalue weighted by Gasteiger charge is 2.26. The first kappa shape index (κ1) is 40.6. The molecule has 1 unspecified atom stereocenters. The van der Waals surface area contributed by atoms with E-state index in [-0.39, 0.29) is 0 Å². The number of aldehydes is 1. The Bertz CT molecular complexity index is 531. The summed E-state index contributed by atoms with van der Waals surface area (Å²) in [6, 6.07) is 0.617. The molecule has 0 amide bonds. The molecule has 0 radical (unpaired) electrons. The first-order valence-electron chi connectivity index (χ1n) is 14.6. The summed E-state index contributed by atoms with van der Waals surface area (Å²) < 4.78 is 57.5. The van der Waals surface area contributed by atoms with E-state index in [4.69, 9.17) is 52.7 Å². The fourth-order valence-electron chi connectivity index (χ4n) is 3.22. The molecule has 14 heteroatoms. The van der Waals surface area contributed by atoms with Crippen LogP contribution >= 0.6 is 8.53 Å². The molecule has 0 aromatic carbocycles. The van der Waals surface area contributed by atoms with Crippen molar-refractivity contribution < 1.29 is 51.7 Å². The minimum absolute atomic E-state index is 0.309. The van der Waals surface area contributed by atoms with Crippen LogP contribution in [0.25, 0.3) is 0 Å². The second-order valence-electron chi connectivity index (χ2n) is 9.11. The second kappa shape index (κ2) is 32.5. The number of hydrogen-bond donors (Lipinski definition) is 1. The van der Waals surface area contributed by atoms with Crippen LogP contribution in [0.3, 0.4) is 0 Å². The van der Waals surface area contributed by atoms with Gasteiger partial charge >= 0.3 is 0 Å². The minimum atomic E-state index is -1.17. The van der Waals surface area contributed by atoms with Crippen LogP contribution in [0.2, 0.25) is 0 Å². The Morgan fingerprint density at radius 2 is 0.805 bits per heavy atom. The van der Waals surface area contributed by atoms with Crippen LogP contribution in [-0.4, -0.2) is 149 Å². The van der Waals surface area contributed by atoms with Crippen molar-refractivity contribution >= 4 is 14.8 Å². The molecule has 0 aliphatic rings. The monoisotopic (exact) mass is 616 g/mol. The third-order valence-corrected chi connectivity index (χ3v) is 7.09. The summed E-state index contributed by atoms with van der Waals surface area (Å²) in [6.07, 6.45) is 1.25. The SMILES string of the molecule is CC(C)N(C(C)C)P(OCCN)OCCOCCOCCOCCOCCOCCOCCOCCOCCC=O. The van der Waals surface area contributed by atoms with Crippen LogP contribution in [0.1, 0.15) is 34.1 Å². The third kappa shape index (κ3) is 28.2. The lowest BCUT2D eigenvalue weighted by Gasteiger charge is -2.35. The summed E-state index contributed by atoms with van der Waals surface area (Å²) in [5, 5.41) is 0. The fraction of sp³-hybridized carbons (Fsp3) is 0.963. The zero-order valence-corrected chi connectivity index (χ0v) is 26.7. The van der Waals surface area contributed by atoms with Crippen molar-refractivity contribution in [3.8, 4) is 0 Å². The van der Waals surface area contributed by atoms with E-state index in [0.717, 1.165) is 6.29 Å².